The Morgan fingerprint density at radius 3 is 2.77 bits per heavy atom. The molecule has 10 heteroatoms. The number of methoxy groups -OCH3 is 1. The lowest BCUT2D eigenvalue weighted by Crippen LogP contribution is -2.36. The lowest BCUT2D eigenvalue weighted by molar-refractivity contribution is -0.109. The van der Waals surface area contributed by atoms with Gasteiger partial charge in [-0.1, -0.05) is 16.8 Å². The molecule has 0 bridgehead atoms. The van der Waals surface area contributed by atoms with Gasteiger partial charge in [0.05, 0.1) is 6.54 Å². The Balaban J connectivity index is 0.000000323. The van der Waals surface area contributed by atoms with Gasteiger partial charge in [-0.3, -0.25) is 4.79 Å². The third-order valence-corrected chi connectivity index (χ3v) is 4.32. The highest BCUT2D eigenvalue weighted by Crippen LogP contribution is 2.22. The van der Waals surface area contributed by atoms with Crippen molar-refractivity contribution in [2.45, 2.75) is 44.7 Å². The van der Waals surface area contributed by atoms with Crippen molar-refractivity contribution in [1.82, 2.24) is 21.1 Å². The minimum absolute atomic E-state index is 0.170. The van der Waals surface area contributed by atoms with Crippen LogP contribution < -0.4 is 16.0 Å². The van der Waals surface area contributed by atoms with Crippen LogP contribution in [-0.2, 0) is 16.1 Å². The molecule has 1 aliphatic carbocycles. The average molecular weight is 443 g/mol. The molecule has 0 aliphatic heterocycles. The zero-order chi connectivity index (χ0) is 22.2. The number of fused-ring (bicyclic) bond motifs is 1. The number of aromatic nitrogens is 1. The van der Waals surface area contributed by atoms with Gasteiger partial charge in [-0.2, -0.15) is 0 Å². The Hall–Kier alpha value is -2.36. The minimum Gasteiger partial charge on any atom is -0.400 e. The van der Waals surface area contributed by atoms with E-state index in [1.165, 1.54) is 0 Å². The zero-order valence-electron chi connectivity index (χ0n) is 17.4. The molecule has 1 saturated carbocycles. The molecule has 1 aromatic heterocycles. The first-order valence-electron chi connectivity index (χ1n) is 9.83. The van der Waals surface area contributed by atoms with Crippen LogP contribution in [0.25, 0.3) is 10.9 Å². The lowest BCUT2D eigenvalue weighted by Gasteiger charge is -2.04. The van der Waals surface area contributed by atoms with Crippen LogP contribution in [-0.4, -0.2) is 56.1 Å². The number of ether oxygens (including phenoxy) is 1. The second-order valence-electron chi connectivity index (χ2n) is 6.49. The van der Waals surface area contributed by atoms with Gasteiger partial charge < -0.3 is 30.3 Å². The molecule has 4 N–H and O–H groups in total. The molecule has 9 nitrogen and oxygen atoms in total. The van der Waals surface area contributed by atoms with Gasteiger partial charge in [-0.15, -0.1) is 0 Å². The van der Waals surface area contributed by atoms with Gasteiger partial charge in [0.15, 0.2) is 5.76 Å². The molecule has 1 aromatic carbocycles. The number of aliphatic hydroxyl groups excluding tert-OH is 1. The fourth-order valence-electron chi connectivity index (χ4n) is 2.43. The second-order valence-corrected chi connectivity index (χ2v) is 6.93. The molecule has 1 aliphatic rings. The highest BCUT2D eigenvalue weighted by molar-refractivity contribution is 6.31. The Kier molecular flexibility index (Phi) is 13.2. The number of nitrogens with one attached hydrogen (secondary N) is 3. The van der Waals surface area contributed by atoms with Crippen LogP contribution in [0.1, 0.15) is 37.9 Å². The van der Waals surface area contributed by atoms with Crippen LogP contribution in [0.2, 0.25) is 5.02 Å². The normalized spacial score (nSPS) is 12.1. The molecule has 0 radical (unpaired) electrons. The molecule has 1 fully saturated rings. The molecule has 3 amide bonds. The third kappa shape index (κ3) is 10.4. The van der Waals surface area contributed by atoms with Crippen LogP contribution in [0, 0.1) is 0 Å². The summed E-state index contributed by atoms with van der Waals surface area (Å²) in [6, 6.07) is 5.51. The molecular formula is C20H31ClN4O5. The van der Waals surface area contributed by atoms with E-state index >= 15 is 0 Å². The summed E-state index contributed by atoms with van der Waals surface area (Å²) in [7, 11) is 2.70. The van der Waals surface area contributed by atoms with E-state index in [0.29, 0.717) is 28.9 Å². The molecule has 0 saturated heterocycles. The van der Waals surface area contributed by atoms with E-state index < -0.39 is 0 Å². The lowest BCUT2D eigenvalue weighted by atomic mass is 10.2. The summed E-state index contributed by atoms with van der Waals surface area (Å²) in [5, 5.41) is 20.6. The molecule has 1 heterocycles. The summed E-state index contributed by atoms with van der Waals surface area (Å²) in [6.07, 6.45) is 6.11. The maximum Gasteiger partial charge on any atom is 0.315 e. The van der Waals surface area contributed by atoms with E-state index in [1.54, 1.807) is 19.2 Å². The average Bonchev–Trinajstić information content (AvgIpc) is 3.48. The Morgan fingerprint density at radius 2 is 2.10 bits per heavy atom. The van der Waals surface area contributed by atoms with E-state index in [2.05, 4.69) is 21.1 Å². The van der Waals surface area contributed by atoms with Crippen molar-refractivity contribution >= 4 is 34.9 Å². The predicted molar refractivity (Wildman–Crippen MR) is 115 cm³/mol. The summed E-state index contributed by atoms with van der Waals surface area (Å²) < 4.78 is 10.0. The zero-order valence-corrected chi connectivity index (χ0v) is 18.2. The molecule has 0 spiro atoms. The number of nitrogens with zero attached hydrogens (tertiary/aromatic N) is 1. The summed E-state index contributed by atoms with van der Waals surface area (Å²) in [5.41, 5.74) is 0.696. The van der Waals surface area contributed by atoms with Crippen molar-refractivity contribution in [3.05, 3.63) is 29.0 Å². The molecule has 0 atom stereocenters. The molecule has 2 aromatic rings. The number of carbonyl (C=O) groups is 2. The van der Waals surface area contributed by atoms with E-state index in [1.807, 2.05) is 6.07 Å². The molecule has 3 rings (SSSR count). The first-order chi connectivity index (χ1) is 14.6. The second kappa shape index (κ2) is 15.5. The van der Waals surface area contributed by atoms with Crippen molar-refractivity contribution < 1.29 is 24.0 Å². The van der Waals surface area contributed by atoms with Gasteiger partial charge in [-0.25, -0.2) is 4.79 Å². The highest BCUT2D eigenvalue weighted by Gasteiger charge is 2.23. The number of benzene rings is 1. The molecule has 30 heavy (non-hydrogen) atoms. The molecule has 168 valence electrons. The van der Waals surface area contributed by atoms with Crippen LogP contribution >= 0.6 is 11.6 Å². The topological polar surface area (TPSA) is 126 Å². The van der Waals surface area contributed by atoms with Gasteiger partial charge in [0.1, 0.15) is 5.52 Å². The van der Waals surface area contributed by atoms with Crippen LogP contribution in [0.4, 0.5) is 4.79 Å². The summed E-state index contributed by atoms with van der Waals surface area (Å²) in [4.78, 5) is 21.2. The highest BCUT2D eigenvalue weighted by atomic mass is 35.5. The number of aliphatic hydroxyl groups is 1. The number of hydrogen-bond donors (Lipinski definition) is 4. The summed E-state index contributed by atoms with van der Waals surface area (Å²) in [6.45, 7) is 1.92. The summed E-state index contributed by atoms with van der Waals surface area (Å²) >= 11 is 5.86. The van der Waals surface area contributed by atoms with E-state index in [9.17, 15) is 9.59 Å². The first-order valence-corrected chi connectivity index (χ1v) is 10.2. The van der Waals surface area contributed by atoms with Gasteiger partial charge >= 0.3 is 6.03 Å². The maximum absolute atomic E-state index is 11.5. The number of urea groups is 1. The van der Waals surface area contributed by atoms with Crippen LogP contribution in [0.3, 0.4) is 0 Å². The fourth-order valence-corrected chi connectivity index (χ4v) is 2.60. The first kappa shape index (κ1) is 25.7. The quantitative estimate of drug-likeness (QED) is 0.331. The predicted octanol–water partition coefficient (Wildman–Crippen LogP) is 2.60. The number of hydrogen-bond acceptors (Lipinski definition) is 6. The number of unbranched alkanes of at least 4 members (excludes halogenated alkanes) is 2. The molecular weight excluding hydrogens is 412 g/mol. The van der Waals surface area contributed by atoms with Gasteiger partial charge in [-0.05, 0) is 50.3 Å². The van der Waals surface area contributed by atoms with Gasteiger partial charge in [0.2, 0.25) is 6.41 Å². The fraction of sp³-hybridized carbons (Fsp3) is 0.550. The van der Waals surface area contributed by atoms with E-state index in [-0.39, 0.29) is 6.03 Å². The monoisotopic (exact) mass is 442 g/mol. The van der Waals surface area contributed by atoms with Crippen LogP contribution in [0.15, 0.2) is 22.7 Å². The van der Waals surface area contributed by atoms with Crippen LogP contribution in [0.5, 0.6) is 0 Å². The Morgan fingerprint density at radius 1 is 1.33 bits per heavy atom. The van der Waals surface area contributed by atoms with Gasteiger partial charge in [0.25, 0.3) is 0 Å². The number of rotatable bonds is 10. The minimum atomic E-state index is -0.170. The SMILES string of the molecule is CO.COCCCCCNC=O.O=C(NCc1onc2cc(Cl)ccc12)NC1CC1. The van der Waals surface area contributed by atoms with E-state index in [0.717, 1.165) is 64.2 Å². The smallest absolute Gasteiger partial charge is 0.315 e. The number of carbonyl (C=O) groups excluding carboxylic acids is 2. The number of amides is 3. The standard InChI is InChI=1S/C12H12ClN3O2.C7H15NO2.CH4O/c13-7-1-4-9-10(5-7)16-18-11(9)6-14-12(17)15-8-2-3-8;1-10-6-4-2-3-5-8-7-9;1-2/h1,4-5,8H,2-3,6H2,(H2,14,15,17);7H,2-6H2,1H3,(H,8,9);2H,1H3. The van der Waals surface area contributed by atoms with Crippen molar-refractivity contribution in [1.29, 1.82) is 0 Å². The van der Waals surface area contributed by atoms with Crippen molar-refractivity contribution in [3.63, 3.8) is 0 Å². The third-order valence-electron chi connectivity index (χ3n) is 4.09. The van der Waals surface area contributed by atoms with Gasteiger partial charge in [0, 0.05) is 43.8 Å². The molecule has 0 unspecified atom stereocenters. The van der Waals surface area contributed by atoms with Crippen molar-refractivity contribution in [2.75, 3.05) is 27.4 Å². The van der Waals surface area contributed by atoms with E-state index in [4.69, 9.17) is 26.0 Å². The van der Waals surface area contributed by atoms with Crippen molar-refractivity contribution in [3.8, 4) is 0 Å². The Bertz CT molecular complexity index is 752. The number of halogens is 1. The largest absolute Gasteiger partial charge is 0.400 e. The van der Waals surface area contributed by atoms with Crippen molar-refractivity contribution in [2.24, 2.45) is 0 Å². The Labute approximate surface area is 181 Å². The maximum atomic E-state index is 11.5. The summed E-state index contributed by atoms with van der Waals surface area (Å²) in [5.74, 6) is 0.632.